The lowest BCUT2D eigenvalue weighted by atomic mass is 10.0. The molecule has 1 amide bonds. The molecule has 134 valence electrons. The van der Waals surface area contributed by atoms with E-state index in [-0.39, 0.29) is 19.6 Å². The number of alkyl carbamates (subject to hydrolysis) is 1. The molecule has 0 bridgehead atoms. The van der Waals surface area contributed by atoms with Crippen LogP contribution in [0.2, 0.25) is 0 Å². The van der Waals surface area contributed by atoms with Crippen molar-refractivity contribution in [1.82, 2.24) is 5.32 Å². The number of hydrogen-bond donors (Lipinski definition) is 4. The van der Waals surface area contributed by atoms with Crippen LogP contribution in [0.5, 0.6) is 0 Å². The van der Waals surface area contributed by atoms with Gasteiger partial charge < -0.3 is 26.0 Å². The average Bonchev–Trinajstić information content (AvgIpc) is 2.62. The summed E-state index contributed by atoms with van der Waals surface area (Å²) in [5, 5.41) is 22.9. The van der Waals surface area contributed by atoms with Crippen LogP contribution in [0, 0.1) is 0 Å². The SMILES string of the molecule is Nc1ccc(Br)cc1C(O)C(O)CCNC(=O)OCc1ccccc1. The Morgan fingerprint density at radius 1 is 1.20 bits per heavy atom. The number of anilines is 1. The van der Waals surface area contributed by atoms with E-state index in [0.29, 0.717) is 11.3 Å². The Labute approximate surface area is 154 Å². The van der Waals surface area contributed by atoms with E-state index in [1.807, 2.05) is 30.3 Å². The summed E-state index contributed by atoms with van der Waals surface area (Å²) in [4.78, 5) is 11.6. The third kappa shape index (κ3) is 6.04. The van der Waals surface area contributed by atoms with Crippen LogP contribution in [-0.4, -0.2) is 29.0 Å². The first-order chi connectivity index (χ1) is 12.0. The number of amides is 1. The number of nitrogens with one attached hydrogen (secondary N) is 1. The lowest BCUT2D eigenvalue weighted by molar-refractivity contribution is 0.0140. The molecule has 0 spiro atoms. The van der Waals surface area contributed by atoms with Crippen LogP contribution in [0.3, 0.4) is 0 Å². The zero-order chi connectivity index (χ0) is 18.2. The van der Waals surface area contributed by atoms with Gasteiger partial charge in [0, 0.05) is 22.3 Å². The van der Waals surface area contributed by atoms with Gasteiger partial charge in [-0.15, -0.1) is 0 Å². The van der Waals surface area contributed by atoms with Gasteiger partial charge in [-0.1, -0.05) is 46.3 Å². The van der Waals surface area contributed by atoms with Crippen molar-refractivity contribution in [2.45, 2.75) is 25.2 Å². The van der Waals surface area contributed by atoms with Gasteiger partial charge in [-0.2, -0.15) is 0 Å². The maximum absolute atomic E-state index is 11.6. The van der Waals surface area contributed by atoms with Crippen molar-refractivity contribution in [2.24, 2.45) is 0 Å². The van der Waals surface area contributed by atoms with Gasteiger partial charge in [-0.25, -0.2) is 4.79 Å². The number of halogens is 1. The molecule has 2 aromatic carbocycles. The minimum absolute atomic E-state index is 0.160. The topological polar surface area (TPSA) is 105 Å². The molecule has 5 N–H and O–H groups in total. The third-order valence-electron chi connectivity index (χ3n) is 3.65. The van der Waals surface area contributed by atoms with E-state index >= 15 is 0 Å². The molecule has 0 aliphatic heterocycles. The maximum Gasteiger partial charge on any atom is 0.407 e. The normalized spacial score (nSPS) is 13.1. The third-order valence-corrected chi connectivity index (χ3v) is 4.15. The smallest absolute Gasteiger partial charge is 0.407 e. The second-order valence-corrected chi connectivity index (χ2v) is 6.48. The predicted molar refractivity (Wildman–Crippen MR) is 98.8 cm³/mol. The Hall–Kier alpha value is -2.09. The second kappa shape index (κ2) is 9.41. The van der Waals surface area contributed by atoms with E-state index in [0.717, 1.165) is 10.0 Å². The van der Waals surface area contributed by atoms with Gasteiger partial charge in [0.15, 0.2) is 0 Å². The van der Waals surface area contributed by atoms with Crippen LogP contribution in [0.1, 0.15) is 23.7 Å². The number of carbonyl (C=O) groups excluding carboxylic acids is 1. The zero-order valence-electron chi connectivity index (χ0n) is 13.6. The van der Waals surface area contributed by atoms with Crippen molar-refractivity contribution in [3.63, 3.8) is 0 Å². The summed E-state index contributed by atoms with van der Waals surface area (Å²) in [5.74, 6) is 0. The Kier molecular flexibility index (Phi) is 7.24. The number of benzene rings is 2. The highest BCUT2D eigenvalue weighted by Gasteiger charge is 2.20. The summed E-state index contributed by atoms with van der Waals surface area (Å²) < 4.78 is 5.82. The monoisotopic (exact) mass is 408 g/mol. The summed E-state index contributed by atoms with van der Waals surface area (Å²) in [6, 6.07) is 14.4. The van der Waals surface area contributed by atoms with Crippen molar-refractivity contribution in [1.29, 1.82) is 0 Å². The lowest BCUT2D eigenvalue weighted by Crippen LogP contribution is -2.30. The molecule has 0 aliphatic carbocycles. The largest absolute Gasteiger partial charge is 0.445 e. The molecule has 2 aromatic rings. The molecule has 7 heteroatoms. The lowest BCUT2D eigenvalue weighted by Gasteiger charge is -2.20. The van der Waals surface area contributed by atoms with Gasteiger partial charge in [0.1, 0.15) is 12.7 Å². The molecule has 0 aliphatic rings. The number of rotatable bonds is 7. The fourth-order valence-electron chi connectivity index (χ4n) is 2.26. The molecule has 2 unspecified atom stereocenters. The fraction of sp³-hybridized carbons (Fsp3) is 0.278. The molecular formula is C18H21BrN2O4. The molecule has 0 fully saturated rings. The summed E-state index contributed by atoms with van der Waals surface area (Å²) >= 11 is 3.30. The number of hydrogen-bond acceptors (Lipinski definition) is 5. The van der Waals surface area contributed by atoms with Crippen LogP contribution >= 0.6 is 15.9 Å². The van der Waals surface area contributed by atoms with E-state index in [1.165, 1.54) is 0 Å². The van der Waals surface area contributed by atoms with Gasteiger partial charge in [0.2, 0.25) is 0 Å². The summed E-state index contributed by atoms with van der Waals surface area (Å²) in [7, 11) is 0. The minimum atomic E-state index is -1.14. The Morgan fingerprint density at radius 3 is 2.64 bits per heavy atom. The molecule has 0 heterocycles. The molecular weight excluding hydrogens is 388 g/mol. The number of aliphatic hydroxyl groups is 2. The van der Waals surface area contributed by atoms with Crippen LogP contribution in [0.25, 0.3) is 0 Å². The standard InChI is InChI=1S/C18H21BrN2O4/c19-13-6-7-15(20)14(10-13)17(23)16(22)8-9-21-18(24)25-11-12-4-2-1-3-5-12/h1-7,10,16-17,22-23H,8-9,11,20H2,(H,21,24). The number of aliphatic hydroxyl groups excluding tert-OH is 2. The highest BCUT2D eigenvalue weighted by molar-refractivity contribution is 9.10. The van der Waals surface area contributed by atoms with E-state index in [9.17, 15) is 15.0 Å². The van der Waals surface area contributed by atoms with Gasteiger partial charge in [0.05, 0.1) is 6.10 Å². The fourth-order valence-corrected chi connectivity index (χ4v) is 2.64. The van der Waals surface area contributed by atoms with E-state index in [4.69, 9.17) is 10.5 Å². The molecule has 2 atom stereocenters. The van der Waals surface area contributed by atoms with Gasteiger partial charge in [-0.3, -0.25) is 0 Å². The quantitative estimate of drug-likeness (QED) is 0.527. The number of ether oxygens (including phenoxy) is 1. The Morgan fingerprint density at radius 2 is 1.92 bits per heavy atom. The summed E-state index contributed by atoms with van der Waals surface area (Å²) in [5.41, 5.74) is 7.54. The first-order valence-electron chi connectivity index (χ1n) is 7.83. The minimum Gasteiger partial charge on any atom is -0.445 e. The molecule has 0 saturated carbocycles. The predicted octanol–water partition coefficient (Wildman–Crippen LogP) is 2.74. The van der Waals surface area contributed by atoms with Crippen LogP contribution < -0.4 is 11.1 Å². The first kappa shape index (κ1) is 19.2. The summed E-state index contributed by atoms with van der Waals surface area (Å²) in [6.07, 6.45) is -2.62. The maximum atomic E-state index is 11.6. The van der Waals surface area contributed by atoms with E-state index < -0.39 is 18.3 Å². The summed E-state index contributed by atoms with van der Waals surface area (Å²) in [6.45, 7) is 0.339. The first-order valence-corrected chi connectivity index (χ1v) is 8.62. The van der Waals surface area contributed by atoms with Crippen molar-refractivity contribution < 1.29 is 19.7 Å². The van der Waals surface area contributed by atoms with Gasteiger partial charge in [-0.05, 0) is 30.2 Å². The zero-order valence-corrected chi connectivity index (χ0v) is 15.1. The van der Waals surface area contributed by atoms with E-state index in [2.05, 4.69) is 21.2 Å². The second-order valence-electron chi connectivity index (χ2n) is 5.56. The number of nitrogen functional groups attached to an aromatic ring is 1. The van der Waals surface area contributed by atoms with Crippen LogP contribution in [0.4, 0.5) is 10.5 Å². The number of nitrogens with two attached hydrogens (primary N) is 1. The van der Waals surface area contributed by atoms with Crippen molar-refractivity contribution in [2.75, 3.05) is 12.3 Å². The highest BCUT2D eigenvalue weighted by Crippen LogP contribution is 2.27. The van der Waals surface area contributed by atoms with Crippen molar-refractivity contribution in [3.8, 4) is 0 Å². The van der Waals surface area contributed by atoms with Crippen LogP contribution in [-0.2, 0) is 11.3 Å². The highest BCUT2D eigenvalue weighted by atomic mass is 79.9. The van der Waals surface area contributed by atoms with Crippen molar-refractivity contribution in [3.05, 3.63) is 64.1 Å². The van der Waals surface area contributed by atoms with Crippen LogP contribution in [0.15, 0.2) is 53.0 Å². The molecule has 0 radical (unpaired) electrons. The Bertz CT molecular complexity index is 697. The van der Waals surface area contributed by atoms with Crippen molar-refractivity contribution >= 4 is 27.7 Å². The van der Waals surface area contributed by atoms with E-state index in [1.54, 1.807) is 18.2 Å². The van der Waals surface area contributed by atoms with Gasteiger partial charge in [0.25, 0.3) is 0 Å². The molecule has 6 nitrogen and oxygen atoms in total. The number of carbonyl (C=O) groups is 1. The molecule has 0 aromatic heterocycles. The average molecular weight is 409 g/mol. The Balaban J connectivity index is 1.75. The molecule has 25 heavy (non-hydrogen) atoms. The molecule has 0 saturated heterocycles. The molecule has 2 rings (SSSR count). The van der Waals surface area contributed by atoms with Gasteiger partial charge >= 0.3 is 6.09 Å².